The number of piperidine rings is 1. The highest BCUT2D eigenvalue weighted by molar-refractivity contribution is 5.16. The Balaban J connectivity index is 1.67. The number of aliphatic hydroxyl groups is 1. The van der Waals surface area contributed by atoms with Crippen molar-refractivity contribution in [1.29, 1.82) is 0 Å². The summed E-state index contributed by atoms with van der Waals surface area (Å²) in [5, 5.41) is 8.68. The zero-order chi connectivity index (χ0) is 14.9. The highest BCUT2D eigenvalue weighted by atomic mass is 19.1. The van der Waals surface area contributed by atoms with E-state index in [9.17, 15) is 4.39 Å². The summed E-state index contributed by atoms with van der Waals surface area (Å²) in [4.78, 5) is 2.45. The van der Waals surface area contributed by atoms with Crippen molar-refractivity contribution in [1.82, 2.24) is 4.90 Å². The van der Waals surface area contributed by atoms with Crippen molar-refractivity contribution in [3.05, 3.63) is 35.6 Å². The third-order valence-electron chi connectivity index (χ3n) is 4.15. The summed E-state index contributed by atoms with van der Waals surface area (Å²) in [6.45, 7) is 4.46. The second kappa shape index (κ2) is 9.13. The van der Waals surface area contributed by atoms with Crippen LogP contribution in [0.25, 0.3) is 0 Å². The van der Waals surface area contributed by atoms with Crippen LogP contribution in [0.1, 0.15) is 24.8 Å². The molecule has 3 nitrogen and oxygen atoms in total. The van der Waals surface area contributed by atoms with Crippen molar-refractivity contribution in [2.75, 3.05) is 39.5 Å². The van der Waals surface area contributed by atoms with Gasteiger partial charge in [0.15, 0.2) is 0 Å². The van der Waals surface area contributed by atoms with Gasteiger partial charge >= 0.3 is 0 Å². The number of hydrogen-bond acceptors (Lipinski definition) is 3. The van der Waals surface area contributed by atoms with Gasteiger partial charge in [0.2, 0.25) is 0 Å². The highest BCUT2D eigenvalue weighted by Gasteiger charge is 2.19. The minimum absolute atomic E-state index is 0.0975. The van der Waals surface area contributed by atoms with Crippen LogP contribution in [0, 0.1) is 11.7 Å². The zero-order valence-corrected chi connectivity index (χ0v) is 12.6. The molecule has 0 radical (unpaired) electrons. The molecule has 1 aliphatic heterocycles. The molecular weight excluding hydrogens is 269 g/mol. The first-order chi connectivity index (χ1) is 10.3. The molecule has 1 aliphatic rings. The van der Waals surface area contributed by atoms with Gasteiger partial charge in [-0.25, -0.2) is 4.39 Å². The summed E-state index contributed by atoms with van der Waals surface area (Å²) in [6.07, 6.45) is 4.72. The Morgan fingerprint density at radius 2 is 2.05 bits per heavy atom. The quantitative estimate of drug-likeness (QED) is 0.748. The van der Waals surface area contributed by atoms with Gasteiger partial charge in [-0.3, -0.25) is 0 Å². The lowest BCUT2D eigenvalue weighted by atomic mass is 9.91. The van der Waals surface area contributed by atoms with Crippen molar-refractivity contribution < 1.29 is 14.2 Å². The average molecular weight is 295 g/mol. The van der Waals surface area contributed by atoms with Gasteiger partial charge in [0.1, 0.15) is 5.82 Å². The van der Waals surface area contributed by atoms with E-state index in [0.29, 0.717) is 13.2 Å². The molecule has 1 fully saturated rings. The van der Waals surface area contributed by atoms with Crippen LogP contribution in [0.4, 0.5) is 4.39 Å². The number of aliphatic hydroxyl groups excluding tert-OH is 1. The topological polar surface area (TPSA) is 32.7 Å². The van der Waals surface area contributed by atoms with Gasteiger partial charge in [-0.2, -0.15) is 0 Å². The van der Waals surface area contributed by atoms with Gasteiger partial charge in [0.05, 0.1) is 19.8 Å². The lowest BCUT2D eigenvalue weighted by molar-refractivity contribution is 0.0618. The van der Waals surface area contributed by atoms with E-state index >= 15 is 0 Å². The molecule has 1 atom stereocenters. The summed E-state index contributed by atoms with van der Waals surface area (Å²) in [5.74, 6) is 0.562. The lowest BCUT2D eigenvalue weighted by Crippen LogP contribution is -2.37. The van der Waals surface area contributed by atoms with Crippen molar-refractivity contribution in [2.24, 2.45) is 5.92 Å². The maximum Gasteiger partial charge on any atom is 0.123 e. The molecule has 0 spiro atoms. The van der Waals surface area contributed by atoms with Crippen molar-refractivity contribution in [3.63, 3.8) is 0 Å². The molecule has 21 heavy (non-hydrogen) atoms. The van der Waals surface area contributed by atoms with Crippen LogP contribution in [-0.2, 0) is 11.2 Å². The number of ether oxygens (including phenoxy) is 1. The molecule has 1 N–H and O–H groups in total. The van der Waals surface area contributed by atoms with Gasteiger partial charge in [-0.1, -0.05) is 12.1 Å². The Kier molecular flexibility index (Phi) is 7.13. The van der Waals surface area contributed by atoms with E-state index in [4.69, 9.17) is 9.84 Å². The third-order valence-corrected chi connectivity index (χ3v) is 4.15. The Labute approximate surface area is 126 Å². The van der Waals surface area contributed by atoms with E-state index in [-0.39, 0.29) is 12.4 Å². The molecule has 118 valence electrons. The fourth-order valence-corrected chi connectivity index (χ4v) is 2.97. The number of benzene rings is 1. The molecule has 0 amide bonds. The maximum atomic E-state index is 12.9. The Hall–Kier alpha value is -0.970. The minimum atomic E-state index is -0.162. The first kappa shape index (κ1) is 16.4. The van der Waals surface area contributed by atoms with E-state index in [1.54, 1.807) is 12.1 Å². The van der Waals surface area contributed by atoms with E-state index in [1.807, 2.05) is 12.1 Å². The number of halogens is 1. The zero-order valence-electron chi connectivity index (χ0n) is 12.6. The Morgan fingerprint density at radius 1 is 1.24 bits per heavy atom. The van der Waals surface area contributed by atoms with Crippen molar-refractivity contribution in [3.8, 4) is 0 Å². The largest absolute Gasteiger partial charge is 0.394 e. The maximum absolute atomic E-state index is 12.9. The SMILES string of the molecule is OCCOCCN1CCC[C@H](CCc2ccc(F)cc2)C1. The Morgan fingerprint density at radius 3 is 2.81 bits per heavy atom. The van der Waals surface area contributed by atoms with E-state index in [0.717, 1.165) is 32.0 Å². The molecule has 1 aromatic rings. The summed E-state index contributed by atoms with van der Waals surface area (Å²) < 4.78 is 18.2. The summed E-state index contributed by atoms with van der Waals surface area (Å²) >= 11 is 0. The number of likely N-dealkylation sites (tertiary alicyclic amines) is 1. The number of hydrogen-bond donors (Lipinski definition) is 1. The van der Waals surface area contributed by atoms with Crippen LogP contribution in [0.15, 0.2) is 24.3 Å². The standard InChI is InChI=1S/C17H26FNO2/c18-17-7-5-15(6-8-17)3-4-16-2-1-9-19(14-16)10-12-21-13-11-20/h5-8,16,20H,1-4,9-14H2/t16-/m1/s1. The first-order valence-corrected chi connectivity index (χ1v) is 7.93. The molecular formula is C17H26FNO2. The van der Waals surface area contributed by atoms with Gasteiger partial charge in [-0.15, -0.1) is 0 Å². The van der Waals surface area contributed by atoms with Crippen LogP contribution in [0.3, 0.4) is 0 Å². The van der Waals surface area contributed by atoms with Gasteiger partial charge in [0, 0.05) is 13.1 Å². The predicted molar refractivity (Wildman–Crippen MR) is 81.8 cm³/mol. The van der Waals surface area contributed by atoms with Crippen LogP contribution < -0.4 is 0 Å². The van der Waals surface area contributed by atoms with Crippen molar-refractivity contribution in [2.45, 2.75) is 25.7 Å². The average Bonchev–Trinajstić information content (AvgIpc) is 2.52. The number of nitrogens with zero attached hydrogens (tertiary/aromatic N) is 1. The third kappa shape index (κ3) is 6.12. The smallest absolute Gasteiger partial charge is 0.123 e. The lowest BCUT2D eigenvalue weighted by Gasteiger charge is -2.32. The predicted octanol–water partition coefficient (Wildman–Crippen LogP) is 2.48. The highest BCUT2D eigenvalue weighted by Crippen LogP contribution is 2.21. The fraction of sp³-hybridized carbons (Fsp3) is 0.647. The van der Waals surface area contributed by atoms with Gasteiger partial charge < -0.3 is 14.7 Å². The first-order valence-electron chi connectivity index (χ1n) is 7.93. The molecule has 0 saturated carbocycles. The second-order valence-corrected chi connectivity index (χ2v) is 5.81. The molecule has 2 rings (SSSR count). The Bertz CT molecular complexity index is 396. The summed E-state index contributed by atoms with van der Waals surface area (Å²) in [6, 6.07) is 6.86. The fourth-order valence-electron chi connectivity index (χ4n) is 2.97. The number of aryl methyl sites for hydroxylation is 1. The molecule has 0 aromatic heterocycles. The van der Waals surface area contributed by atoms with Gasteiger partial charge in [-0.05, 0) is 55.8 Å². The summed E-state index contributed by atoms with van der Waals surface area (Å²) in [7, 11) is 0. The van der Waals surface area contributed by atoms with Crippen LogP contribution in [0.5, 0.6) is 0 Å². The molecule has 1 heterocycles. The van der Waals surface area contributed by atoms with Gasteiger partial charge in [0.25, 0.3) is 0 Å². The second-order valence-electron chi connectivity index (χ2n) is 5.81. The molecule has 0 bridgehead atoms. The molecule has 0 unspecified atom stereocenters. The normalized spacial score (nSPS) is 19.8. The van der Waals surface area contributed by atoms with Crippen LogP contribution >= 0.6 is 0 Å². The molecule has 1 saturated heterocycles. The number of rotatable bonds is 8. The van der Waals surface area contributed by atoms with E-state index < -0.39 is 0 Å². The van der Waals surface area contributed by atoms with E-state index in [1.165, 1.54) is 24.8 Å². The monoisotopic (exact) mass is 295 g/mol. The molecule has 1 aromatic carbocycles. The van der Waals surface area contributed by atoms with E-state index in [2.05, 4.69) is 4.90 Å². The summed E-state index contributed by atoms with van der Waals surface area (Å²) in [5.41, 5.74) is 1.22. The van der Waals surface area contributed by atoms with Crippen LogP contribution in [-0.4, -0.2) is 49.5 Å². The minimum Gasteiger partial charge on any atom is -0.394 e. The van der Waals surface area contributed by atoms with Crippen LogP contribution in [0.2, 0.25) is 0 Å². The van der Waals surface area contributed by atoms with Crippen molar-refractivity contribution >= 4 is 0 Å². The molecule has 4 heteroatoms. The molecule has 0 aliphatic carbocycles.